The van der Waals surface area contributed by atoms with Gasteiger partial charge in [0.2, 0.25) is 0 Å². The maximum atomic E-state index is 13.3. The first kappa shape index (κ1) is 14.6. The minimum atomic E-state index is -0.394. The summed E-state index contributed by atoms with van der Waals surface area (Å²) >= 11 is 0. The van der Waals surface area contributed by atoms with Crippen LogP contribution in [-0.4, -0.2) is 11.6 Å². The Kier molecular flexibility index (Phi) is 4.76. The number of rotatable bonds is 5. The lowest BCUT2D eigenvalue weighted by atomic mass is 9.88. The van der Waals surface area contributed by atoms with Crippen LogP contribution in [0.15, 0.2) is 24.3 Å². The third-order valence-electron chi connectivity index (χ3n) is 2.47. The minimum Gasteiger partial charge on any atom is -0.299 e. The molecule has 0 fully saturated rings. The van der Waals surface area contributed by atoms with Crippen molar-refractivity contribution in [2.24, 2.45) is 5.41 Å². The summed E-state index contributed by atoms with van der Waals surface area (Å²) in [6.07, 6.45) is 0.254. The average molecular weight is 250 g/mol. The van der Waals surface area contributed by atoms with Crippen LogP contribution < -0.4 is 0 Å². The smallest absolute Gasteiger partial charge is 0.144 e. The third-order valence-corrected chi connectivity index (χ3v) is 2.47. The number of carbonyl (C=O) groups is 2. The second kappa shape index (κ2) is 5.89. The van der Waals surface area contributed by atoms with Gasteiger partial charge in [0.05, 0.1) is 6.42 Å². The Bertz CT molecular complexity index is 444. The quantitative estimate of drug-likeness (QED) is 0.751. The summed E-state index contributed by atoms with van der Waals surface area (Å²) in [5.41, 5.74) is 0.237. The highest BCUT2D eigenvalue weighted by molar-refractivity contribution is 6.00. The van der Waals surface area contributed by atoms with Crippen molar-refractivity contribution in [1.29, 1.82) is 0 Å². The molecular formula is C15H19FO2. The highest BCUT2D eigenvalue weighted by Crippen LogP contribution is 2.20. The number of Topliss-reactive ketones (excluding diaryl/α,β-unsaturated/α-hetero) is 2. The van der Waals surface area contributed by atoms with Gasteiger partial charge in [-0.15, -0.1) is 0 Å². The van der Waals surface area contributed by atoms with Gasteiger partial charge < -0.3 is 0 Å². The first-order valence-electron chi connectivity index (χ1n) is 6.05. The number of hydrogen-bond donors (Lipinski definition) is 0. The molecule has 0 saturated heterocycles. The second-order valence-corrected chi connectivity index (χ2v) is 5.76. The van der Waals surface area contributed by atoms with E-state index >= 15 is 0 Å². The second-order valence-electron chi connectivity index (χ2n) is 5.76. The molecule has 0 aliphatic rings. The van der Waals surface area contributed by atoms with Gasteiger partial charge in [0.25, 0.3) is 0 Å². The fraction of sp³-hybridized carbons (Fsp3) is 0.467. The molecule has 0 spiro atoms. The topological polar surface area (TPSA) is 34.1 Å². The van der Waals surface area contributed by atoms with Crippen LogP contribution in [0.3, 0.4) is 0 Å². The predicted octanol–water partition coefficient (Wildman–Crippen LogP) is 3.33. The van der Waals surface area contributed by atoms with Crippen molar-refractivity contribution < 1.29 is 14.0 Å². The first-order valence-corrected chi connectivity index (χ1v) is 6.05. The van der Waals surface area contributed by atoms with Gasteiger partial charge in [-0.2, -0.15) is 0 Å². The maximum absolute atomic E-state index is 13.3. The average Bonchev–Trinajstić information content (AvgIpc) is 2.18. The van der Waals surface area contributed by atoms with E-state index in [4.69, 9.17) is 0 Å². The van der Waals surface area contributed by atoms with Crippen molar-refractivity contribution in [3.05, 3.63) is 35.6 Å². The van der Waals surface area contributed by atoms with E-state index in [0.29, 0.717) is 12.0 Å². The number of ketones is 2. The van der Waals surface area contributed by atoms with Crippen molar-refractivity contribution in [3.8, 4) is 0 Å². The van der Waals surface area contributed by atoms with E-state index in [1.165, 1.54) is 6.07 Å². The van der Waals surface area contributed by atoms with Crippen LogP contribution in [0.25, 0.3) is 0 Å². The SMILES string of the molecule is CC(C)(C)CC(=O)CC(=O)Cc1ccccc1F. The van der Waals surface area contributed by atoms with Crippen LogP contribution in [-0.2, 0) is 16.0 Å². The van der Waals surface area contributed by atoms with E-state index in [-0.39, 0.29) is 29.8 Å². The zero-order valence-corrected chi connectivity index (χ0v) is 11.1. The molecule has 1 rings (SSSR count). The van der Waals surface area contributed by atoms with Gasteiger partial charge in [-0.3, -0.25) is 9.59 Å². The lowest BCUT2D eigenvalue weighted by molar-refractivity contribution is -0.127. The molecule has 1 aromatic rings. The maximum Gasteiger partial charge on any atom is 0.144 e. The number of hydrogen-bond acceptors (Lipinski definition) is 2. The number of halogens is 1. The molecule has 0 atom stereocenters. The van der Waals surface area contributed by atoms with Crippen molar-refractivity contribution in [3.63, 3.8) is 0 Å². The monoisotopic (exact) mass is 250 g/mol. The fourth-order valence-electron chi connectivity index (χ4n) is 1.79. The summed E-state index contributed by atoms with van der Waals surface area (Å²) in [6.45, 7) is 5.85. The normalized spacial score (nSPS) is 11.3. The van der Waals surface area contributed by atoms with Crippen molar-refractivity contribution in [2.75, 3.05) is 0 Å². The van der Waals surface area contributed by atoms with Gasteiger partial charge in [-0.1, -0.05) is 39.0 Å². The van der Waals surface area contributed by atoms with Crippen LogP contribution in [0.4, 0.5) is 4.39 Å². The molecule has 3 heteroatoms. The van der Waals surface area contributed by atoms with Gasteiger partial charge in [-0.25, -0.2) is 4.39 Å². The molecule has 98 valence electrons. The molecule has 2 nitrogen and oxygen atoms in total. The summed E-state index contributed by atoms with van der Waals surface area (Å²) in [5.74, 6) is -0.702. The molecule has 0 amide bonds. The van der Waals surface area contributed by atoms with E-state index in [0.717, 1.165) is 0 Å². The van der Waals surface area contributed by atoms with Gasteiger partial charge in [0.15, 0.2) is 0 Å². The Morgan fingerprint density at radius 3 is 2.28 bits per heavy atom. The molecule has 0 N–H and O–H groups in total. The molecular weight excluding hydrogens is 231 g/mol. The molecule has 0 aliphatic carbocycles. The highest BCUT2D eigenvalue weighted by Gasteiger charge is 2.18. The lowest BCUT2D eigenvalue weighted by Crippen LogP contribution is -2.17. The Morgan fingerprint density at radius 1 is 1.11 bits per heavy atom. The predicted molar refractivity (Wildman–Crippen MR) is 68.8 cm³/mol. The minimum absolute atomic E-state index is 0.0114. The van der Waals surface area contributed by atoms with E-state index < -0.39 is 5.82 Å². The van der Waals surface area contributed by atoms with Crippen LogP contribution in [0.1, 0.15) is 39.2 Å². The van der Waals surface area contributed by atoms with Gasteiger partial charge in [-0.05, 0) is 17.0 Å². The van der Waals surface area contributed by atoms with Gasteiger partial charge in [0.1, 0.15) is 17.4 Å². The van der Waals surface area contributed by atoms with E-state index in [2.05, 4.69) is 0 Å². The zero-order chi connectivity index (χ0) is 13.8. The first-order chi connectivity index (χ1) is 8.28. The van der Waals surface area contributed by atoms with E-state index in [1.807, 2.05) is 20.8 Å². The van der Waals surface area contributed by atoms with Crippen LogP contribution in [0, 0.1) is 11.2 Å². The molecule has 1 aromatic carbocycles. The molecule has 0 bridgehead atoms. The van der Waals surface area contributed by atoms with Crippen molar-refractivity contribution in [1.82, 2.24) is 0 Å². The highest BCUT2D eigenvalue weighted by atomic mass is 19.1. The van der Waals surface area contributed by atoms with Crippen LogP contribution in [0.5, 0.6) is 0 Å². The standard InChI is InChI=1S/C15H19FO2/c1-15(2,3)10-13(18)9-12(17)8-11-6-4-5-7-14(11)16/h4-7H,8-10H2,1-3H3. The zero-order valence-electron chi connectivity index (χ0n) is 11.1. The lowest BCUT2D eigenvalue weighted by Gasteiger charge is -2.16. The number of carbonyl (C=O) groups excluding carboxylic acids is 2. The Morgan fingerprint density at radius 2 is 1.72 bits per heavy atom. The molecule has 0 aromatic heterocycles. The van der Waals surface area contributed by atoms with Gasteiger partial charge >= 0.3 is 0 Å². The summed E-state index contributed by atoms with van der Waals surface area (Å²) in [7, 11) is 0. The molecule has 0 unspecified atom stereocenters. The van der Waals surface area contributed by atoms with E-state index in [1.54, 1.807) is 18.2 Å². The molecule has 0 saturated carbocycles. The summed E-state index contributed by atoms with van der Waals surface area (Å²) in [6, 6.07) is 6.15. The van der Waals surface area contributed by atoms with Gasteiger partial charge in [0, 0.05) is 12.8 Å². The van der Waals surface area contributed by atoms with Crippen LogP contribution >= 0.6 is 0 Å². The summed E-state index contributed by atoms with van der Waals surface area (Å²) in [5, 5.41) is 0. The third kappa shape index (κ3) is 5.21. The molecule has 0 radical (unpaired) electrons. The molecule has 0 aliphatic heterocycles. The molecule has 0 heterocycles. The van der Waals surface area contributed by atoms with E-state index in [9.17, 15) is 14.0 Å². The van der Waals surface area contributed by atoms with Crippen LogP contribution in [0.2, 0.25) is 0 Å². The van der Waals surface area contributed by atoms with Crippen molar-refractivity contribution in [2.45, 2.75) is 40.0 Å². The Hall–Kier alpha value is -1.51. The number of benzene rings is 1. The Labute approximate surface area is 107 Å². The largest absolute Gasteiger partial charge is 0.299 e. The Balaban J connectivity index is 2.53. The fourth-order valence-corrected chi connectivity index (χ4v) is 1.79. The van der Waals surface area contributed by atoms with Crippen molar-refractivity contribution >= 4 is 11.6 Å². The molecule has 18 heavy (non-hydrogen) atoms. The summed E-state index contributed by atoms with van der Waals surface area (Å²) < 4.78 is 13.3. The summed E-state index contributed by atoms with van der Waals surface area (Å²) in [4.78, 5) is 23.3.